The second-order valence-corrected chi connectivity index (χ2v) is 5.32. The van der Waals surface area contributed by atoms with Gasteiger partial charge in [-0.3, -0.25) is 4.90 Å². The van der Waals surface area contributed by atoms with Gasteiger partial charge < -0.3 is 10.5 Å². The molecule has 2 N–H and O–H groups in total. The number of benzene rings is 2. The van der Waals surface area contributed by atoms with E-state index >= 15 is 0 Å². The van der Waals surface area contributed by atoms with Gasteiger partial charge in [0.15, 0.2) is 0 Å². The molecule has 0 spiro atoms. The van der Waals surface area contributed by atoms with Crippen molar-refractivity contribution in [2.75, 3.05) is 32.8 Å². The zero-order chi connectivity index (χ0) is 13.8. The Morgan fingerprint density at radius 1 is 1.05 bits per heavy atom. The van der Waals surface area contributed by atoms with Gasteiger partial charge in [0.1, 0.15) is 0 Å². The van der Waals surface area contributed by atoms with Crippen LogP contribution >= 0.6 is 0 Å². The second-order valence-electron chi connectivity index (χ2n) is 5.32. The Hall–Kier alpha value is -1.42. The van der Waals surface area contributed by atoms with Gasteiger partial charge in [-0.25, -0.2) is 0 Å². The fourth-order valence-corrected chi connectivity index (χ4v) is 3.09. The van der Waals surface area contributed by atoms with E-state index in [1.807, 2.05) is 0 Å². The van der Waals surface area contributed by atoms with E-state index in [0.717, 1.165) is 32.7 Å². The number of hydrogen-bond acceptors (Lipinski definition) is 3. The van der Waals surface area contributed by atoms with Crippen LogP contribution < -0.4 is 5.73 Å². The molecular weight excluding hydrogens is 248 g/mol. The first-order valence-corrected chi connectivity index (χ1v) is 7.39. The van der Waals surface area contributed by atoms with Crippen molar-refractivity contribution in [1.82, 2.24) is 4.90 Å². The van der Waals surface area contributed by atoms with E-state index in [1.165, 1.54) is 16.3 Å². The van der Waals surface area contributed by atoms with Gasteiger partial charge in [0.05, 0.1) is 6.61 Å². The second kappa shape index (κ2) is 6.35. The molecule has 106 valence electrons. The van der Waals surface area contributed by atoms with Crippen molar-refractivity contribution in [2.24, 2.45) is 5.73 Å². The molecule has 0 radical (unpaired) electrons. The van der Waals surface area contributed by atoms with E-state index in [2.05, 4.69) is 47.4 Å². The molecule has 1 aliphatic heterocycles. The topological polar surface area (TPSA) is 38.5 Å². The Morgan fingerprint density at radius 3 is 2.80 bits per heavy atom. The number of rotatable bonds is 3. The first kappa shape index (κ1) is 13.6. The molecule has 0 saturated carbocycles. The van der Waals surface area contributed by atoms with E-state index in [9.17, 15) is 0 Å². The van der Waals surface area contributed by atoms with E-state index < -0.39 is 0 Å². The maximum atomic E-state index is 6.10. The van der Waals surface area contributed by atoms with Crippen LogP contribution in [0.15, 0.2) is 42.5 Å². The fourth-order valence-electron chi connectivity index (χ4n) is 3.09. The quantitative estimate of drug-likeness (QED) is 0.931. The standard InChI is InChI=1S/C17H22N2O/c18-13-17(19-9-4-11-20-12-10-19)16-8-3-6-14-5-1-2-7-15(14)16/h1-3,5-8,17H,4,9-13,18H2. The molecule has 2 aromatic carbocycles. The number of fused-ring (bicyclic) bond motifs is 1. The molecule has 1 aliphatic rings. The van der Waals surface area contributed by atoms with Gasteiger partial charge in [-0.2, -0.15) is 0 Å². The predicted octanol–water partition coefficient (Wildman–Crippen LogP) is 2.56. The largest absolute Gasteiger partial charge is 0.380 e. The third kappa shape index (κ3) is 2.70. The van der Waals surface area contributed by atoms with Gasteiger partial charge >= 0.3 is 0 Å². The maximum absolute atomic E-state index is 6.10. The average Bonchev–Trinajstić information content (AvgIpc) is 2.78. The zero-order valence-electron chi connectivity index (χ0n) is 11.8. The van der Waals surface area contributed by atoms with Gasteiger partial charge in [-0.1, -0.05) is 42.5 Å². The molecule has 3 heteroatoms. The van der Waals surface area contributed by atoms with Crippen LogP contribution in [0.25, 0.3) is 10.8 Å². The summed E-state index contributed by atoms with van der Waals surface area (Å²) in [7, 11) is 0. The monoisotopic (exact) mass is 270 g/mol. The molecule has 1 atom stereocenters. The highest BCUT2D eigenvalue weighted by atomic mass is 16.5. The molecule has 3 rings (SSSR count). The van der Waals surface area contributed by atoms with E-state index in [1.54, 1.807) is 0 Å². The van der Waals surface area contributed by atoms with Crippen LogP contribution in [0.3, 0.4) is 0 Å². The Labute approximate surface area is 120 Å². The van der Waals surface area contributed by atoms with Crippen LogP contribution in [0.5, 0.6) is 0 Å². The van der Waals surface area contributed by atoms with Crippen molar-refractivity contribution >= 4 is 10.8 Å². The zero-order valence-corrected chi connectivity index (χ0v) is 11.8. The van der Waals surface area contributed by atoms with Crippen molar-refractivity contribution in [1.29, 1.82) is 0 Å². The van der Waals surface area contributed by atoms with Crippen molar-refractivity contribution in [3.63, 3.8) is 0 Å². The minimum Gasteiger partial charge on any atom is -0.380 e. The van der Waals surface area contributed by atoms with Crippen LogP contribution in [0.2, 0.25) is 0 Å². The van der Waals surface area contributed by atoms with E-state index in [4.69, 9.17) is 10.5 Å². The number of hydrogen-bond donors (Lipinski definition) is 1. The molecule has 0 amide bonds. The third-order valence-electron chi connectivity index (χ3n) is 4.10. The summed E-state index contributed by atoms with van der Waals surface area (Å²) in [5, 5.41) is 2.60. The smallest absolute Gasteiger partial charge is 0.0593 e. The molecule has 0 bridgehead atoms. The Balaban J connectivity index is 1.98. The molecule has 0 aromatic heterocycles. The highest BCUT2D eigenvalue weighted by Crippen LogP contribution is 2.28. The molecule has 3 nitrogen and oxygen atoms in total. The molecule has 2 aromatic rings. The summed E-state index contributed by atoms with van der Waals surface area (Å²) in [4.78, 5) is 2.47. The first-order valence-electron chi connectivity index (χ1n) is 7.39. The minimum atomic E-state index is 0.280. The van der Waals surface area contributed by atoms with Gasteiger partial charge in [-0.15, -0.1) is 0 Å². The normalized spacial score (nSPS) is 18.9. The van der Waals surface area contributed by atoms with Crippen LogP contribution in [-0.2, 0) is 4.74 Å². The lowest BCUT2D eigenvalue weighted by atomic mass is 9.97. The maximum Gasteiger partial charge on any atom is 0.0593 e. The first-order chi connectivity index (χ1) is 9.90. The summed E-state index contributed by atoms with van der Waals surface area (Å²) >= 11 is 0. The Bertz CT molecular complexity index is 556. The SMILES string of the molecule is NCC(c1cccc2ccccc12)N1CCCOCC1. The molecule has 1 unspecified atom stereocenters. The van der Waals surface area contributed by atoms with E-state index in [-0.39, 0.29) is 6.04 Å². The lowest BCUT2D eigenvalue weighted by molar-refractivity contribution is 0.132. The number of ether oxygens (including phenoxy) is 1. The van der Waals surface area contributed by atoms with Crippen molar-refractivity contribution in [3.8, 4) is 0 Å². The fraction of sp³-hybridized carbons (Fsp3) is 0.412. The van der Waals surface area contributed by atoms with Crippen molar-refractivity contribution in [2.45, 2.75) is 12.5 Å². The summed E-state index contributed by atoms with van der Waals surface area (Å²) < 4.78 is 5.56. The minimum absolute atomic E-state index is 0.280. The Kier molecular flexibility index (Phi) is 4.31. The summed E-state index contributed by atoms with van der Waals surface area (Å²) in [6, 6.07) is 15.3. The van der Waals surface area contributed by atoms with Crippen LogP contribution in [-0.4, -0.2) is 37.7 Å². The third-order valence-corrected chi connectivity index (χ3v) is 4.10. The molecule has 0 aliphatic carbocycles. The van der Waals surface area contributed by atoms with Crippen LogP contribution in [0, 0.1) is 0 Å². The average molecular weight is 270 g/mol. The van der Waals surface area contributed by atoms with Crippen LogP contribution in [0.4, 0.5) is 0 Å². The highest BCUT2D eigenvalue weighted by molar-refractivity contribution is 5.86. The molecule has 1 fully saturated rings. The molecule has 1 heterocycles. The molecular formula is C17H22N2O. The number of nitrogens with two attached hydrogens (primary N) is 1. The lowest BCUT2D eigenvalue weighted by Crippen LogP contribution is -2.35. The van der Waals surface area contributed by atoms with Crippen molar-refractivity contribution in [3.05, 3.63) is 48.0 Å². The Morgan fingerprint density at radius 2 is 1.90 bits per heavy atom. The van der Waals surface area contributed by atoms with Gasteiger partial charge in [0.2, 0.25) is 0 Å². The lowest BCUT2D eigenvalue weighted by Gasteiger charge is -2.30. The summed E-state index contributed by atoms with van der Waals surface area (Å²) in [5.74, 6) is 0. The van der Waals surface area contributed by atoms with Gasteiger partial charge in [0, 0.05) is 32.3 Å². The summed E-state index contributed by atoms with van der Waals surface area (Å²) in [6.07, 6.45) is 1.08. The number of nitrogens with zero attached hydrogens (tertiary/aromatic N) is 1. The van der Waals surface area contributed by atoms with Crippen molar-refractivity contribution < 1.29 is 4.74 Å². The van der Waals surface area contributed by atoms with Gasteiger partial charge in [-0.05, 0) is 22.8 Å². The predicted molar refractivity (Wildman–Crippen MR) is 82.8 cm³/mol. The molecule has 1 saturated heterocycles. The summed E-state index contributed by atoms with van der Waals surface area (Å²) in [5.41, 5.74) is 7.44. The van der Waals surface area contributed by atoms with Gasteiger partial charge in [0.25, 0.3) is 0 Å². The highest BCUT2D eigenvalue weighted by Gasteiger charge is 2.21. The van der Waals surface area contributed by atoms with Crippen LogP contribution in [0.1, 0.15) is 18.0 Å². The molecule has 20 heavy (non-hydrogen) atoms. The van der Waals surface area contributed by atoms with E-state index in [0.29, 0.717) is 6.54 Å². The summed E-state index contributed by atoms with van der Waals surface area (Å²) in [6.45, 7) is 4.34.